The minimum absolute atomic E-state index is 0.0159. The van der Waals surface area contributed by atoms with Gasteiger partial charge in [-0.3, -0.25) is 0 Å². The summed E-state index contributed by atoms with van der Waals surface area (Å²) in [6, 6.07) is 3.49. The molecule has 0 aliphatic carbocycles. The van der Waals surface area contributed by atoms with E-state index < -0.39 is 22.0 Å². The van der Waals surface area contributed by atoms with Crippen LogP contribution in [0.5, 0.6) is 0 Å². The van der Waals surface area contributed by atoms with Gasteiger partial charge in [-0.1, -0.05) is 0 Å². The Morgan fingerprint density at radius 2 is 1.78 bits per heavy atom. The molecule has 0 amide bonds. The Labute approximate surface area is 135 Å². The number of carbonyl (C=O) groups excluding carboxylic acids is 2. The molecule has 128 valence electrons. The molecule has 1 aromatic rings. The molecule has 0 heterocycles. The molecule has 2 N–H and O–H groups in total. The summed E-state index contributed by atoms with van der Waals surface area (Å²) >= 11 is 0. The van der Waals surface area contributed by atoms with Gasteiger partial charge in [-0.25, -0.2) is 22.7 Å². The molecular weight excluding hydrogens is 324 g/mol. The molecule has 23 heavy (non-hydrogen) atoms. The summed E-state index contributed by atoms with van der Waals surface area (Å²) < 4.78 is 36.4. The lowest BCUT2D eigenvalue weighted by molar-refractivity contribution is 0.0583. The van der Waals surface area contributed by atoms with Crippen LogP contribution in [0.25, 0.3) is 0 Å². The maximum absolute atomic E-state index is 12.5. The van der Waals surface area contributed by atoms with Crippen LogP contribution in [0.1, 0.15) is 27.6 Å². The lowest BCUT2D eigenvalue weighted by atomic mass is 10.1. The standard InChI is InChI=1S/C14H20N2O6S/c1-9(15-2)8-16-23(19,20)12-7-10(13(17)21-3)5-6-11(12)14(18)22-4/h5-7,9,15-16H,8H2,1-4H3. The Kier molecular flexibility index (Phi) is 6.67. The molecule has 0 saturated carbocycles. The molecule has 0 fully saturated rings. The van der Waals surface area contributed by atoms with Crippen LogP contribution < -0.4 is 10.0 Å². The molecule has 0 aliphatic heterocycles. The van der Waals surface area contributed by atoms with E-state index >= 15 is 0 Å². The van der Waals surface area contributed by atoms with E-state index in [0.717, 1.165) is 13.2 Å². The monoisotopic (exact) mass is 344 g/mol. The number of nitrogens with one attached hydrogen (secondary N) is 2. The highest BCUT2D eigenvalue weighted by Crippen LogP contribution is 2.19. The molecule has 0 saturated heterocycles. The van der Waals surface area contributed by atoms with Crippen LogP contribution in [0.4, 0.5) is 0 Å². The van der Waals surface area contributed by atoms with Gasteiger partial charge in [-0.05, 0) is 32.2 Å². The summed E-state index contributed by atoms with van der Waals surface area (Å²) in [5.74, 6) is -1.52. The topological polar surface area (TPSA) is 111 Å². The molecule has 0 bridgehead atoms. The Hall–Kier alpha value is -1.97. The maximum Gasteiger partial charge on any atom is 0.339 e. The van der Waals surface area contributed by atoms with Gasteiger partial charge in [0.25, 0.3) is 0 Å². The largest absolute Gasteiger partial charge is 0.465 e. The Balaban J connectivity index is 3.33. The SMILES string of the molecule is CNC(C)CNS(=O)(=O)c1cc(C(=O)OC)ccc1C(=O)OC. The number of ether oxygens (including phenoxy) is 2. The van der Waals surface area contributed by atoms with Crippen molar-refractivity contribution in [2.24, 2.45) is 0 Å². The highest BCUT2D eigenvalue weighted by atomic mass is 32.2. The van der Waals surface area contributed by atoms with Gasteiger partial charge in [0.15, 0.2) is 0 Å². The van der Waals surface area contributed by atoms with Gasteiger partial charge >= 0.3 is 11.9 Å². The van der Waals surface area contributed by atoms with E-state index in [1.807, 2.05) is 0 Å². The minimum atomic E-state index is -4.01. The molecular formula is C14H20N2O6S. The van der Waals surface area contributed by atoms with Gasteiger partial charge < -0.3 is 14.8 Å². The van der Waals surface area contributed by atoms with Gasteiger partial charge in [0.05, 0.1) is 30.2 Å². The summed E-state index contributed by atoms with van der Waals surface area (Å²) in [5.41, 5.74) is -0.146. The lowest BCUT2D eigenvalue weighted by Crippen LogP contribution is -2.37. The molecule has 1 aromatic carbocycles. The second kappa shape index (κ2) is 8.04. The zero-order valence-corrected chi connectivity index (χ0v) is 14.2. The van der Waals surface area contributed by atoms with Crippen LogP contribution >= 0.6 is 0 Å². The fraction of sp³-hybridized carbons (Fsp3) is 0.429. The van der Waals surface area contributed by atoms with Gasteiger partial charge in [0.2, 0.25) is 10.0 Å². The summed E-state index contributed by atoms with van der Waals surface area (Å²) in [6.45, 7) is 1.90. The molecule has 0 spiro atoms. The van der Waals surface area contributed by atoms with Gasteiger partial charge in [-0.15, -0.1) is 0 Å². The first-order chi connectivity index (χ1) is 10.8. The van der Waals surface area contributed by atoms with E-state index in [9.17, 15) is 18.0 Å². The van der Waals surface area contributed by atoms with Crippen molar-refractivity contribution in [2.75, 3.05) is 27.8 Å². The van der Waals surface area contributed by atoms with Crippen molar-refractivity contribution < 1.29 is 27.5 Å². The zero-order valence-electron chi connectivity index (χ0n) is 13.4. The summed E-state index contributed by atoms with van der Waals surface area (Å²) in [5, 5.41) is 2.88. The number of hydrogen-bond donors (Lipinski definition) is 2. The van der Waals surface area contributed by atoms with Gasteiger partial charge in [0.1, 0.15) is 0 Å². The van der Waals surface area contributed by atoms with Crippen molar-refractivity contribution in [3.8, 4) is 0 Å². The number of esters is 2. The van der Waals surface area contributed by atoms with Gasteiger partial charge in [0, 0.05) is 12.6 Å². The van der Waals surface area contributed by atoms with Crippen molar-refractivity contribution in [3.05, 3.63) is 29.3 Å². The first-order valence-electron chi connectivity index (χ1n) is 6.74. The van der Waals surface area contributed by atoms with Crippen LogP contribution in [-0.2, 0) is 19.5 Å². The molecule has 0 radical (unpaired) electrons. The summed E-state index contributed by atoms with van der Waals surface area (Å²) in [7, 11) is -0.00240. The second-order valence-electron chi connectivity index (χ2n) is 4.74. The van der Waals surface area contributed by atoms with E-state index in [2.05, 4.69) is 19.5 Å². The molecule has 1 rings (SSSR count). The number of hydrogen-bond acceptors (Lipinski definition) is 7. The average molecular weight is 344 g/mol. The van der Waals surface area contributed by atoms with Crippen LogP contribution in [0.3, 0.4) is 0 Å². The smallest absolute Gasteiger partial charge is 0.339 e. The number of methoxy groups -OCH3 is 2. The number of benzene rings is 1. The zero-order chi connectivity index (χ0) is 17.6. The fourth-order valence-corrected chi connectivity index (χ4v) is 3.03. The van der Waals surface area contributed by atoms with E-state index in [-0.39, 0.29) is 28.6 Å². The normalized spacial score (nSPS) is 12.5. The van der Waals surface area contributed by atoms with Crippen molar-refractivity contribution in [1.82, 2.24) is 10.0 Å². The minimum Gasteiger partial charge on any atom is -0.465 e. The van der Waals surface area contributed by atoms with Crippen LogP contribution in [-0.4, -0.2) is 54.2 Å². The Morgan fingerprint density at radius 3 is 2.30 bits per heavy atom. The number of carbonyl (C=O) groups is 2. The van der Waals surface area contributed by atoms with Crippen LogP contribution in [0, 0.1) is 0 Å². The maximum atomic E-state index is 12.5. The lowest BCUT2D eigenvalue weighted by Gasteiger charge is -2.14. The third kappa shape index (κ3) is 4.75. The number of rotatable bonds is 7. The average Bonchev–Trinajstić information content (AvgIpc) is 2.57. The van der Waals surface area contributed by atoms with E-state index in [1.165, 1.54) is 19.2 Å². The predicted molar refractivity (Wildman–Crippen MR) is 82.8 cm³/mol. The van der Waals surface area contributed by atoms with Crippen LogP contribution in [0.2, 0.25) is 0 Å². The van der Waals surface area contributed by atoms with Crippen molar-refractivity contribution in [1.29, 1.82) is 0 Å². The Morgan fingerprint density at radius 1 is 1.17 bits per heavy atom. The highest BCUT2D eigenvalue weighted by molar-refractivity contribution is 7.89. The quantitative estimate of drug-likeness (QED) is 0.677. The Bertz CT molecular complexity index is 687. The highest BCUT2D eigenvalue weighted by Gasteiger charge is 2.25. The third-order valence-corrected chi connectivity index (χ3v) is 4.63. The van der Waals surface area contributed by atoms with E-state index in [1.54, 1.807) is 14.0 Å². The first-order valence-corrected chi connectivity index (χ1v) is 8.22. The number of sulfonamides is 1. The van der Waals surface area contributed by atoms with Crippen LogP contribution in [0.15, 0.2) is 23.1 Å². The summed E-state index contributed by atoms with van der Waals surface area (Å²) in [6.07, 6.45) is 0. The molecule has 0 aliphatic rings. The number of likely N-dealkylation sites (N-methyl/N-ethyl adjacent to an activating group) is 1. The predicted octanol–water partition coefficient (Wildman–Crippen LogP) is 0.146. The van der Waals surface area contributed by atoms with Crippen molar-refractivity contribution >= 4 is 22.0 Å². The summed E-state index contributed by atoms with van der Waals surface area (Å²) in [4.78, 5) is 23.0. The molecule has 9 heteroatoms. The van der Waals surface area contributed by atoms with Gasteiger partial charge in [-0.2, -0.15) is 0 Å². The molecule has 1 unspecified atom stereocenters. The fourth-order valence-electron chi connectivity index (χ4n) is 1.68. The third-order valence-electron chi connectivity index (χ3n) is 3.17. The van der Waals surface area contributed by atoms with Crippen molar-refractivity contribution in [3.63, 3.8) is 0 Å². The molecule has 1 atom stereocenters. The van der Waals surface area contributed by atoms with Crippen molar-refractivity contribution in [2.45, 2.75) is 17.9 Å². The molecule has 8 nitrogen and oxygen atoms in total. The first kappa shape index (κ1) is 19.1. The van der Waals surface area contributed by atoms with E-state index in [4.69, 9.17) is 0 Å². The van der Waals surface area contributed by atoms with E-state index in [0.29, 0.717) is 0 Å². The second-order valence-corrected chi connectivity index (χ2v) is 6.47. The molecule has 0 aromatic heterocycles.